The third-order valence-corrected chi connectivity index (χ3v) is 2.03. The van der Waals surface area contributed by atoms with E-state index in [9.17, 15) is 13.2 Å². The zero-order valence-corrected chi connectivity index (χ0v) is 8.15. The van der Waals surface area contributed by atoms with E-state index in [1.165, 1.54) is 10.9 Å². The van der Waals surface area contributed by atoms with Crippen LogP contribution in [0.3, 0.4) is 0 Å². The topological polar surface area (TPSA) is 30.7 Å². The Labute approximate surface area is 89.5 Å². The minimum atomic E-state index is -4.35. The number of rotatable bonds is 2. The number of aromatic nitrogens is 3. The normalized spacial score (nSPS) is 11.7. The van der Waals surface area contributed by atoms with Gasteiger partial charge in [-0.1, -0.05) is 0 Å². The summed E-state index contributed by atoms with van der Waals surface area (Å²) in [6.07, 6.45) is 1.11. The maximum absolute atomic E-state index is 12.4. The fraction of sp³-hybridized carbons (Fsp3) is 0.200. The maximum Gasteiger partial charge on any atom is 0.417 e. The van der Waals surface area contributed by atoms with E-state index in [0.717, 1.165) is 12.3 Å². The molecule has 0 N–H and O–H groups in total. The van der Waals surface area contributed by atoms with Gasteiger partial charge >= 0.3 is 6.18 Å². The van der Waals surface area contributed by atoms with Crippen LogP contribution in [0, 0.1) is 0 Å². The number of pyridine rings is 1. The zero-order valence-electron chi connectivity index (χ0n) is 8.15. The number of hydrogen-bond donors (Lipinski definition) is 0. The van der Waals surface area contributed by atoms with E-state index in [1.807, 2.05) is 0 Å². The van der Waals surface area contributed by atoms with E-state index in [2.05, 4.69) is 10.1 Å². The first-order chi connectivity index (χ1) is 7.55. The van der Waals surface area contributed by atoms with Crippen LogP contribution in [-0.4, -0.2) is 14.8 Å². The van der Waals surface area contributed by atoms with Crippen LogP contribution >= 0.6 is 0 Å². The highest BCUT2D eigenvalue weighted by Gasteiger charge is 2.30. The molecule has 0 aromatic carbocycles. The molecule has 0 aliphatic heterocycles. The van der Waals surface area contributed by atoms with Gasteiger partial charge in [-0.05, 0) is 17.7 Å². The number of halogens is 3. The second kappa shape index (κ2) is 3.96. The second-order valence-corrected chi connectivity index (χ2v) is 3.28. The third kappa shape index (κ3) is 2.39. The predicted molar refractivity (Wildman–Crippen MR) is 50.6 cm³/mol. The monoisotopic (exact) mass is 227 g/mol. The maximum atomic E-state index is 12.4. The van der Waals surface area contributed by atoms with Gasteiger partial charge in [-0.25, -0.2) is 0 Å². The Bertz CT molecular complexity index is 462. The summed E-state index contributed by atoms with van der Waals surface area (Å²) in [5, 5.41) is 3.91. The fourth-order valence-electron chi connectivity index (χ4n) is 1.31. The van der Waals surface area contributed by atoms with Crippen LogP contribution in [0.25, 0.3) is 0 Å². The Balaban J connectivity index is 2.23. The van der Waals surface area contributed by atoms with Gasteiger partial charge in [0.15, 0.2) is 0 Å². The van der Waals surface area contributed by atoms with E-state index in [-0.39, 0.29) is 6.54 Å². The largest absolute Gasteiger partial charge is 0.417 e. The van der Waals surface area contributed by atoms with E-state index < -0.39 is 11.7 Å². The average Bonchev–Trinajstić information content (AvgIpc) is 2.70. The molecule has 0 radical (unpaired) electrons. The van der Waals surface area contributed by atoms with Crippen LogP contribution in [0.15, 0.2) is 36.9 Å². The molecule has 0 saturated carbocycles. The van der Waals surface area contributed by atoms with Gasteiger partial charge in [0.2, 0.25) is 0 Å². The van der Waals surface area contributed by atoms with Crippen molar-refractivity contribution in [3.63, 3.8) is 0 Å². The van der Waals surface area contributed by atoms with Gasteiger partial charge in [-0.2, -0.15) is 18.3 Å². The molecule has 2 aromatic heterocycles. The van der Waals surface area contributed by atoms with E-state index >= 15 is 0 Å². The van der Waals surface area contributed by atoms with Crippen molar-refractivity contribution in [2.24, 2.45) is 0 Å². The first-order valence-electron chi connectivity index (χ1n) is 4.54. The van der Waals surface area contributed by atoms with Crippen molar-refractivity contribution in [2.75, 3.05) is 0 Å². The number of hydrogen-bond acceptors (Lipinski definition) is 2. The number of nitrogens with zero attached hydrogens (tertiary/aromatic N) is 3. The molecule has 0 unspecified atom stereocenters. The standard InChI is InChI=1S/C10H8F3N3/c11-10(12,13)9-4-8(5-14-6-9)7-16-3-1-2-15-16/h1-6H,7H2. The minimum Gasteiger partial charge on any atom is -0.268 e. The molecule has 0 fully saturated rings. The molecule has 0 bridgehead atoms. The molecule has 3 nitrogen and oxygen atoms in total. The van der Waals surface area contributed by atoms with E-state index in [4.69, 9.17) is 0 Å². The van der Waals surface area contributed by atoms with E-state index in [1.54, 1.807) is 18.5 Å². The molecular formula is C10H8F3N3. The van der Waals surface area contributed by atoms with Gasteiger partial charge < -0.3 is 0 Å². The minimum absolute atomic E-state index is 0.282. The first-order valence-corrected chi connectivity index (χ1v) is 4.54. The zero-order chi connectivity index (χ0) is 11.6. The molecule has 0 aliphatic carbocycles. The molecule has 2 heterocycles. The van der Waals surface area contributed by atoms with Gasteiger partial charge in [-0.15, -0.1) is 0 Å². The number of alkyl halides is 3. The molecular weight excluding hydrogens is 219 g/mol. The Hall–Kier alpha value is -1.85. The third-order valence-electron chi connectivity index (χ3n) is 2.03. The van der Waals surface area contributed by atoms with Crippen LogP contribution in [0.1, 0.15) is 11.1 Å². The molecule has 2 aromatic rings. The van der Waals surface area contributed by atoms with Crippen LogP contribution in [0.5, 0.6) is 0 Å². The second-order valence-electron chi connectivity index (χ2n) is 3.28. The van der Waals surface area contributed by atoms with Gasteiger partial charge in [-0.3, -0.25) is 9.67 Å². The van der Waals surface area contributed by atoms with Crippen molar-refractivity contribution in [3.05, 3.63) is 48.0 Å². The first kappa shape index (κ1) is 10.7. The lowest BCUT2D eigenvalue weighted by atomic mass is 10.2. The van der Waals surface area contributed by atoms with Crippen LogP contribution in [0.2, 0.25) is 0 Å². The highest BCUT2D eigenvalue weighted by Crippen LogP contribution is 2.28. The van der Waals surface area contributed by atoms with Crippen molar-refractivity contribution >= 4 is 0 Å². The SMILES string of the molecule is FC(F)(F)c1cncc(Cn2cccn2)c1. The molecule has 0 aliphatic rings. The van der Waals surface area contributed by atoms with Gasteiger partial charge in [0.1, 0.15) is 0 Å². The fourth-order valence-corrected chi connectivity index (χ4v) is 1.31. The molecule has 84 valence electrons. The molecule has 0 amide bonds. The smallest absolute Gasteiger partial charge is 0.268 e. The van der Waals surface area contributed by atoms with Crippen molar-refractivity contribution in [3.8, 4) is 0 Å². The summed E-state index contributed by atoms with van der Waals surface area (Å²) in [6.45, 7) is 0.282. The molecule has 0 spiro atoms. The summed E-state index contributed by atoms with van der Waals surface area (Å²) in [6, 6.07) is 2.79. The molecule has 6 heteroatoms. The van der Waals surface area contributed by atoms with Crippen molar-refractivity contribution in [1.82, 2.24) is 14.8 Å². The van der Waals surface area contributed by atoms with Crippen LogP contribution < -0.4 is 0 Å². The summed E-state index contributed by atoms with van der Waals surface area (Å²) in [7, 11) is 0. The van der Waals surface area contributed by atoms with Crippen molar-refractivity contribution in [2.45, 2.75) is 12.7 Å². The lowest BCUT2D eigenvalue weighted by molar-refractivity contribution is -0.137. The van der Waals surface area contributed by atoms with Crippen molar-refractivity contribution in [1.29, 1.82) is 0 Å². The summed E-state index contributed by atoms with van der Waals surface area (Å²) >= 11 is 0. The average molecular weight is 227 g/mol. The van der Waals surface area contributed by atoms with Gasteiger partial charge in [0.25, 0.3) is 0 Å². The predicted octanol–water partition coefficient (Wildman–Crippen LogP) is 2.35. The molecule has 16 heavy (non-hydrogen) atoms. The highest BCUT2D eigenvalue weighted by atomic mass is 19.4. The lowest BCUT2D eigenvalue weighted by Gasteiger charge is -2.07. The van der Waals surface area contributed by atoms with E-state index in [0.29, 0.717) is 5.56 Å². The lowest BCUT2D eigenvalue weighted by Crippen LogP contribution is -2.08. The quantitative estimate of drug-likeness (QED) is 0.788. The molecule has 0 atom stereocenters. The van der Waals surface area contributed by atoms with Crippen molar-refractivity contribution < 1.29 is 13.2 Å². The van der Waals surface area contributed by atoms with Gasteiger partial charge in [0.05, 0.1) is 12.1 Å². The summed E-state index contributed by atoms with van der Waals surface area (Å²) in [4.78, 5) is 3.57. The Morgan fingerprint density at radius 2 is 2.06 bits per heavy atom. The molecule has 0 saturated heterocycles. The summed E-state index contributed by atoms with van der Waals surface area (Å²) < 4.78 is 38.7. The summed E-state index contributed by atoms with van der Waals surface area (Å²) in [5.74, 6) is 0. The van der Waals surface area contributed by atoms with Crippen LogP contribution in [0.4, 0.5) is 13.2 Å². The Kier molecular flexibility index (Phi) is 2.64. The highest BCUT2D eigenvalue weighted by molar-refractivity contribution is 5.20. The Morgan fingerprint density at radius 3 is 2.69 bits per heavy atom. The Morgan fingerprint density at radius 1 is 1.25 bits per heavy atom. The molecule has 2 rings (SSSR count). The van der Waals surface area contributed by atoms with Crippen LogP contribution in [-0.2, 0) is 12.7 Å². The summed E-state index contributed by atoms with van der Waals surface area (Å²) in [5.41, 5.74) is -0.268. The van der Waals surface area contributed by atoms with Gasteiger partial charge in [0, 0.05) is 24.8 Å².